The van der Waals surface area contributed by atoms with Crippen molar-refractivity contribution < 1.29 is 13.2 Å². The van der Waals surface area contributed by atoms with Crippen LogP contribution in [0.1, 0.15) is 38.3 Å². The Morgan fingerprint density at radius 1 is 1.32 bits per heavy atom. The summed E-state index contributed by atoms with van der Waals surface area (Å²) >= 11 is 2.01. The highest BCUT2D eigenvalue weighted by Crippen LogP contribution is 2.28. The van der Waals surface area contributed by atoms with Gasteiger partial charge in [0.05, 0.1) is 0 Å². The van der Waals surface area contributed by atoms with Crippen LogP contribution in [-0.2, 0) is 6.18 Å². The van der Waals surface area contributed by atoms with Crippen LogP contribution in [0.4, 0.5) is 19.1 Å². The second kappa shape index (κ2) is 12.6. The number of alkyl halides is 3. The summed E-state index contributed by atoms with van der Waals surface area (Å²) in [4.78, 5) is 11.5. The highest BCUT2D eigenvalue weighted by Gasteiger charge is 2.32. The molecule has 6 nitrogen and oxygen atoms in total. The van der Waals surface area contributed by atoms with Crippen LogP contribution < -0.4 is 16.0 Å². The SMILES string of the molecule is CCSC1CCCC(NC(=NC)NCCNc2nccc(C(F)(F)F)n2)C1.I. The van der Waals surface area contributed by atoms with E-state index in [0.29, 0.717) is 30.3 Å². The third kappa shape index (κ3) is 8.58. The predicted octanol–water partition coefficient (Wildman–Crippen LogP) is 3.75. The molecule has 11 heteroatoms. The molecule has 1 aromatic heterocycles. The van der Waals surface area contributed by atoms with Crippen LogP contribution in [0, 0.1) is 0 Å². The maximum Gasteiger partial charge on any atom is 0.433 e. The Kier molecular flexibility index (Phi) is 11.2. The zero-order chi connectivity index (χ0) is 19.7. The van der Waals surface area contributed by atoms with Gasteiger partial charge in [0.15, 0.2) is 5.96 Å². The number of nitrogens with one attached hydrogen (secondary N) is 3. The summed E-state index contributed by atoms with van der Waals surface area (Å²) in [5.74, 6) is 1.79. The van der Waals surface area contributed by atoms with Crippen molar-refractivity contribution >= 4 is 47.6 Å². The normalized spacial score (nSPS) is 20.2. The molecule has 0 radical (unpaired) electrons. The van der Waals surface area contributed by atoms with Crippen LogP contribution in [0.15, 0.2) is 17.3 Å². The first kappa shape index (κ1) is 25.1. The summed E-state index contributed by atoms with van der Waals surface area (Å²) in [5.41, 5.74) is -0.956. The lowest BCUT2D eigenvalue weighted by Gasteiger charge is -2.30. The lowest BCUT2D eigenvalue weighted by molar-refractivity contribution is -0.141. The van der Waals surface area contributed by atoms with E-state index >= 15 is 0 Å². The van der Waals surface area contributed by atoms with Crippen molar-refractivity contribution in [2.24, 2.45) is 4.99 Å². The van der Waals surface area contributed by atoms with Crippen LogP contribution in [0.25, 0.3) is 0 Å². The van der Waals surface area contributed by atoms with Crippen LogP contribution in [0.3, 0.4) is 0 Å². The first-order valence-electron chi connectivity index (χ1n) is 9.15. The average Bonchev–Trinajstić information content (AvgIpc) is 2.64. The molecule has 3 N–H and O–H groups in total. The average molecular weight is 532 g/mol. The number of aromatic nitrogens is 2. The minimum absolute atomic E-state index is 0. The molecule has 1 aliphatic carbocycles. The molecule has 1 aromatic rings. The van der Waals surface area contributed by atoms with Gasteiger partial charge in [0.1, 0.15) is 5.69 Å². The Hall–Kier alpha value is -0.980. The number of thioether (sulfide) groups is 1. The van der Waals surface area contributed by atoms with E-state index in [1.165, 1.54) is 12.8 Å². The number of anilines is 1. The van der Waals surface area contributed by atoms with E-state index in [9.17, 15) is 13.2 Å². The van der Waals surface area contributed by atoms with Crippen LogP contribution in [0.5, 0.6) is 0 Å². The van der Waals surface area contributed by atoms with Gasteiger partial charge in [-0.2, -0.15) is 24.9 Å². The Morgan fingerprint density at radius 3 is 2.79 bits per heavy atom. The minimum Gasteiger partial charge on any atom is -0.355 e. The van der Waals surface area contributed by atoms with E-state index in [4.69, 9.17) is 0 Å². The fourth-order valence-electron chi connectivity index (χ4n) is 3.01. The lowest BCUT2D eigenvalue weighted by atomic mass is 9.95. The van der Waals surface area contributed by atoms with Gasteiger partial charge in [0.25, 0.3) is 0 Å². The van der Waals surface area contributed by atoms with E-state index in [1.807, 2.05) is 11.8 Å². The predicted molar refractivity (Wildman–Crippen MR) is 120 cm³/mol. The van der Waals surface area contributed by atoms with E-state index in [1.54, 1.807) is 7.05 Å². The van der Waals surface area contributed by atoms with Gasteiger partial charge in [0.2, 0.25) is 5.95 Å². The molecule has 1 fully saturated rings. The second-order valence-corrected chi connectivity index (χ2v) is 7.85. The standard InChI is InChI=1S/C17H27F3N6S.HI/c1-3-27-13-6-4-5-12(11-13)25-15(21-2)23-9-10-24-16-22-8-7-14(26-16)17(18,19)20;/h7-8,12-13H,3-6,9-11H2,1-2H3,(H2,21,23,25)(H,22,24,26);1H. The van der Waals surface area contributed by atoms with Gasteiger partial charge >= 0.3 is 6.18 Å². The lowest BCUT2D eigenvalue weighted by Crippen LogP contribution is -2.46. The summed E-state index contributed by atoms with van der Waals surface area (Å²) in [6, 6.07) is 1.25. The number of rotatable bonds is 7. The van der Waals surface area contributed by atoms with Crippen molar-refractivity contribution in [1.29, 1.82) is 0 Å². The largest absolute Gasteiger partial charge is 0.433 e. The van der Waals surface area contributed by atoms with Crippen molar-refractivity contribution in [2.75, 3.05) is 31.2 Å². The molecule has 1 aliphatic rings. The van der Waals surface area contributed by atoms with E-state index in [-0.39, 0.29) is 29.9 Å². The van der Waals surface area contributed by atoms with E-state index in [0.717, 1.165) is 30.9 Å². The van der Waals surface area contributed by atoms with Crippen molar-refractivity contribution in [2.45, 2.75) is 50.1 Å². The minimum atomic E-state index is -4.47. The molecule has 0 aromatic carbocycles. The maximum absolute atomic E-state index is 12.7. The number of guanidine groups is 1. The third-order valence-corrected chi connectivity index (χ3v) is 5.47. The summed E-state index contributed by atoms with van der Waals surface area (Å²) in [7, 11) is 1.71. The Balaban J connectivity index is 0.00000392. The summed E-state index contributed by atoms with van der Waals surface area (Å²) in [5, 5.41) is 10.1. The van der Waals surface area contributed by atoms with Crippen molar-refractivity contribution in [3.8, 4) is 0 Å². The van der Waals surface area contributed by atoms with Gasteiger partial charge in [-0.25, -0.2) is 9.97 Å². The smallest absolute Gasteiger partial charge is 0.355 e. The molecule has 0 aliphatic heterocycles. The molecule has 2 rings (SSSR count). The Bertz CT molecular complexity index is 615. The van der Waals surface area contributed by atoms with Crippen molar-refractivity contribution in [3.05, 3.63) is 18.0 Å². The molecule has 2 unspecified atom stereocenters. The van der Waals surface area contributed by atoms with E-state index < -0.39 is 11.9 Å². The van der Waals surface area contributed by atoms with E-state index in [2.05, 4.69) is 37.8 Å². The molecule has 0 bridgehead atoms. The first-order valence-corrected chi connectivity index (χ1v) is 10.2. The molecule has 0 saturated heterocycles. The molecular weight excluding hydrogens is 504 g/mol. The second-order valence-electron chi connectivity index (χ2n) is 6.27. The van der Waals surface area contributed by atoms with Gasteiger partial charge in [-0.15, -0.1) is 24.0 Å². The monoisotopic (exact) mass is 532 g/mol. The van der Waals surface area contributed by atoms with Gasteiger partial charge in [-0.05, 0) is 31.1 Å². The third-order valence-electron chi connectivity index (χ3n) is 4.24. The molecular formula is C17H28F3IN6S. The number of aliphatic imine (C=N–C) groups is 1. The summed E-state index contributed by atoms with van der Waals surface area (Å²) in [6.07, 6.45) is 1.34. The van der Waals surface area contributed by atoms with Crippen molar-refractivity contribution in [3.63, 3.8) is 0 Å². The van der Waals surface area contributed by atoms with Crippen LogP contribution >= 0.6 is 35.7 Å². The Morgan fingerprint density at radius 2 is 2.11 bits per heavy atom. The molecule has 0 spiro atoms. The number of hydrogen-bond acceptors (Lipinski definition) is 5. The highest BCUT2D eigenvalue weighted by atomic mass is 127. The van der Waals surface area contributed by atoms with Crippen LogP contribution in [0.2, 0.25) is 0 Å². The summed E-state index contributed by atoms with van der Waals surface area (Å²) in [6.45, 7) is 3.05. The molecule has 160 valence electrons. The van der Waals surface area contributed by atoms with Crippen LogP contribution in [-0.4, -0.2) is 53.1 Å². The van der Waals surface area contributed by atoms with Gasteiger partial charge < -0.3 is 16.0 Å². The molecule has 0 amide bonds. The summed E-state index contributed by atoms with van der Waals surface area (Å²) < 4.78 is 38.0. The highest BCUT2D eigenvalue weighted by molar-refractivity contribution is 14.0. The first-order chi connectivity index (χ1) is 12.9. The topological polar surface area (TPSA) is 74.2 Å². The fourth-order valence-corrected chi connectivity index (χ4v) is 4.18. The molecule has 1 heterocycles. The van der Waals surface area contributed by atoms with Gasteiger partial charge in [-0.1, -0.05) is 13.3 Å². The quantitative estimate of drug-likeness (QED) is 0.215. The number of nitrogens with zero attached hydrogens (tertiary/aromatic N) is 3. The van der Waals surface area contributed by atoms with Crippen molar-refractivity contribution in [1.82, 2.24) is 20.6 Å². The fraction of sp³-hybridized carbons (Fsp3) is 0.706. The zero-order valence-corrected chi connectivity index (χ0v) is 19.2. The number of halogens is 4. The molecule has 28 heavy (non-hydrogen) atoms. The van der Waals surface area contributed by atoms with Gasteiger partial charge in [0, 0.05) is 37.6 Å². The van der Waals surface area contributed by atoms with Gasteiger partial charge in [-0.3, -0.25) is 4.99 Å². The molecule has 2 atom stereocenters. The maximum atomic E-state index is 12.7. The Labute approximate surface area is 185 Å². The number of hydrogen-bond donors (Lipinski definition) is 3. The zero-order valence-electron chi connectivity index (χ0n) is 16.1. The molecule has 1 saturated carbocycles.